The molecule has 148 valence electrons. The van der Waals surface area contributed by atoms with Crippen LogP contribution >= 0.6 is 11.6 Å². The molecule has 0 fully saturated rings. The maximum Gasteiger partial charge on any atom is 0.513 e. The van der Waals surface area contributed by atoms with E-state index in [1.54, 1.807) is 25.1 Å². The third-order valence-corrected chi connectivity index (χ3v) is 5.39. The Bertz CT molecular complexity index is 963. The lowest BCUT2D eigenvalue weighted by Crippen LogP contribution is -2.20. The molecule has 0 bridgehead atoms. The molecular formula is C22H23ClO5. The Morgan fingerprint density at radius 2 is 1.89 bits per heavy atom. The largest absolute Gasteiger partial charge is 0.513 e. The molecule has 2 aromatic rings. The van der Waals surface area contributed by atoms with E-state index >= 15 is 0 Å². The summed E-state index contributed by atoms with van der Waals surface area (Å²) in [5.41, 5.74) is 2.06. The number of benzene rings is 2. The van der Waals surface area contributed by atoms with Gasteiger partial charge < -0.3 is 14.2 Å². The number of methoxy groups -OCH3 is 1. The lowest BCUT2D eigenvalue weighted by Gasteiger charge is -2.28. The molecule has 1 unspecified atom stereocenters. The first-order valence-electron chi connectivity index (χ1n) is 9.26. The first-order valence-corrected chi connectivity index (χ1v) is 9.63. The molecule has 5 nitrogen and oxygen atoms in total. The van der Waals surface area contributed by atoms with E-state index in [0.29, 0.717) is 45.2 Å². The van der Waals surface area contributed by atoms with Crippen molar-refractivity contribution >= 4 is 34.5 Å². The highest BCUT2D eigenvalue weighted by molar-refractivity contribution is 6.31. The summed E-state index contributed by atoms with van der Waals surface area (Å²) in [6, 6.07) is 5.20. The molecule has 0 aromatic heterocycles. The van der Waals surface area contributed by atoms with Crippen molar-refractivity contribution in [2.45, 2.75) is 39.5 Å². The summed E-state index contributed by atoms with van der Waals surface area (Å²) in [7, 11) is 1.26. The number of carbonyl (C=O) groups excluding carboxylic acids is 2. The van der Waals surface area contributed by atoms with Crippen molar-refractivity contribution < 1.29 is 23.8 Å². The van der Waals surface area contributed by atoms with Crippen LogP contribution in [0.1, 0.15) is 37.8 Å². The van der Waals surface area contributed by atoms with Crippen molar-refractivity contribution in [1.82, 2.24) is 0 Å². The van der Waals surface area contributed by atoms with Crippen LogP contribution in [-0.2, 0) is 22.4 Å². The average Bonchev–Trinajstić information content (AvgIpc) is 2.69. The number of rotatable bonds is 4. The highest BCUT2D eigenvalue weighted by Crippen LogP contribution is 2.46. The molecular weight excluding hydrogens is 380 g/mol. The Balaban J connectivity index is 2.30. The minimum Gasteiger partial charge on any atom is -0.437 e. The standard InChI is InChI=1S/C22H23ClO5/c1-5-13-6-8-15-17(10-13)19(27-21(24)12(2)3)16-9-7-14(23)11-18(16)20(15)28-22(25)26-4/h7,9,11,13H,2,5-6,8,10H2,1,3-4H3. The van der Waals surface area contributed by atoms with E-state index in [4.69, 9.17) is 25.8 Å². The van der Waals surface area contributed by atoms with Crippen molar-refractivity contribution in [2.75, 3.05) is 7.11 Å². The fourth-order valence-corrected chi connectivity index (χ4v) is 3.78. The molecule has 0 aliphatic heterocycles. The predicted molar refractivity (Wildman–Crippen MR) is 108 cm³/mol. The van der Waals surface area contributed by atoms with Gasteiger partial charge in [-0.15, -0.1) is 0 Å². The number of hydrogen-bond acceptors (Lipinski definition) is 5. The minimum absolute atomic E-state index is 0.314. The number of carbonyl (C=O) groups is 2. The van der Waals surface area contributed by atoms with Crippen LogP contribution in [0, 0.1) is 5.92 Å². The molecule has 0 N–H and O–H groups in total. The molecule has 0 spiro atoms. The zero-order valence-corrected chi connectivity index (χ0v) is 17.0. The summed E-state index contributed by atoms with van der Waals surface area (Å²) in [6.45, 7) is 7.42. The number of halogens is 1. The summed E-state index contributed by atoms with van der Waals surface area (Å²) in [4.78, 5) is 24.2. The number of esters is 1. The minimum atomic E-state index is -0.798. The van der Waals surface area contributed by atoms with E-state index in [1.165, 1.54) is 7.11 Å². The fraction of sp³-hybridized carbons (Fsp3) is 0.364. The predicted octanol–water partition coefficient (Wildman–Crippen LogP) is 5.63. The van der Waals surface area contributed by atoms with Gasteiger partial charge >= 0.3 is 12.1 Å². The van der Waals surface area contributed by atoms with Crippen LogP contribution in [0.2, 0.25) is 5.02 Å². The van der Waals surface area contributed by atoms with Gasteiger partial charge in [0, 0.05) is 32.5 Å². The van der Waals surface area contributed by atoms with Crippen molar-refractivity contribution in [3.8, 4) is 11.5 Å². The van der Waals surface area contributed by atoms with Crippen molar-refractivity contribution in [1.29, 1.82) is 0 Å². The molecule has 1 aliphatic carbocycles. The lowest BCUT2D eigenvalue weighted by atomic mass is 9.80. The van der Waals surface area contributed by atoms with Gasteiger partial charge in [-0.1, -0.05) is 31.5 Å². The van der Waals surface area contributed by atoms with Gasteiger partial charge in [-0.3, -0.25) is 0 Å². The number of hydrogen-bond donors (Lipinski definition) is 0. The van der Waals surface area contributed by atoms with E-state index in [9.17, 15) is 9.59 Å². The van der Waals surface area contributed by atoms with Crippen molar-refractivity contribution in [3.63, 3.8) is 0 Å². The molecule has 1 aliphatic rings. The average molecular weight is 403 g/mol. The molecule has 0 saturated heterocycles. The third-order valence-electron chi connectivity index (χ3n) is 5.15. The Hall–Kier alpha value is -2.53. The van der Waals surface area contributed by atoms with Crippen LogP contribution in [0.5, 0.6) is 11.5 Å². The highest BCUT2D eigenvalue weighted by atomic mass is 35.5. The smallest absolute Gasteiger partial charge is 0.437 e. The molecule has 0 saturated carbocycles. The van der Waals surface area contributed by atoms with E-state index in [-0.39, 0.29) is 0 Å². The van der Waals surface area contributed by atoms with Gasteiger partial charge in [-0.25, -0.2) is 9.59 Å². The monoisotopic (exact) mass is 402 g/mol. The summed E-state index contributed by atoms with van der Waals surface area (Å²) in [5, 5.41) is 1.76. The molecule has 1 atom stereocenters. The summed E-state index contributed by atoms with van der Waals surface area (Å²) in [5.74, 6) is 0.887. The Kier molecular flexibility index (Phi) is 5.94. The van der Waals surface area contributed by atoms with E-state index in [0.717, 1.165) is 30.4 Å². The molecule has 28 heavy (non-hydrogen) atoms. The number of ether oxygens (including phenoxy) is 3. The van der Waals surface area contributed by atoms with E-state index < -0.39 is 12.1 Å². The maximum absolute atomic E-state index is 12.3. The van der Waals surface area contributed by atoms with Gasteiger partial charge in [0.1, 0.15) is 11.5 Å². The second kappa shape index (κ2) is 8.23. The van der Waals surface area contributed by atoms with Crippen LogP contribution in [0.15, 0.2) is 30.4 Å². The Labute approximate surface area is 169 Å². The molecule has 0 radical (unpaired) electrons. The zero-order valence-electron chi connectivity index (χ0n) is 16.3. The van der Waals surface area contributed by atoms with Crippen LogP contribution in [0.25, 0.3) is 10.8 Å². The van der Waals surface area contributed by atoms with Crippen molar-refractivity contribution in [2.24, 2.45) is 5.92 Å². The van der Waals surface area contributed by atoms with Crippen LogP contribution < -0.4 is 9.47 Å². The molecule has 3 rings (SSSR count). The van der Waals surface area contributed by atoms with Crippen LogP contribution in [0.3, 0.4) is 0 Å². The fourth-order valence-electron chi connectivity index (χ4n) is 3.61. The van der Waals surface area contributed by atoms with Gasteiger partial charge in [0.2, 0.25) is 0 Å². The summed E-state index contributed by atoms with van der Waals surface area (Å²) in [6.07, 6.45) is 2.62. The zero-order chi connectivity index (χ0) is 20.4. The third kappa shape index (κ3) is 3.85. The van der Waals surface area contributed by atoms with E-state index in [2.05, 4.69) is 13.5 Å². The molecule has 0 amide bonds. The molecule has 2 aromatic carbocycles. The Morgan fingerprint density at radius 3 is 2.54 bits per heavy atom. The molecule has 6 heteroatoms. The van der Waals surface area contributed by atoms with Gasteiger partial charge in [-0.05, 0) is 50.3 Å². The highest BCUT2D eigenvalue weighted by Gasteiger charge is 2.29. The second-order valence-electron chi connectivity index (χ2n) is 7.05. The van der Waals surface area contributed by atoms with Gasteiger partial charge in [0.25, 0.3) is 0 Å². The summed E-state index contributed by atoms with van der Waals surface area (Å²) < 4.78 is 16.0. The van der Waals surface area contributed by atoms with Crippen molar-refractivity contribution in [3.05, 3.63) is 46.5 Å². The van der Waals surface area contributed by atoms with E-state index in [1.807, 2.05) is 0 Å². The number of fused-ring (bicyclic) bond motifs is 2. The van der Waals surface area contributed by atoms with Gasteiger partial charge in [0.05, 0.1) is 7.11 Å². The van der Waals surface area contributed by atoms with Gasteiger partial charge in [-0.2, -0.15) is 0 Å². The van der Waals surface area contributed by atoms with Gasteiger partial charge in [0.15, 0.2) is 0 Å². The normalized spacial score (nSPS) is 15.6. The second-order valence-corrected chi connectivity index (χ2v) is 7.48. The van der Waals surface area contributed by atoms with Crippen LogP contribution in [0.4, 0.5) is 4.79 Å². The topological polar surface area (TPSA) is 61.8 Å². The lowest BCUT2D eigenvalue weighted by molar-refractivity contribution is -0.130. The first kappa shape index (κ1) is 20.2. The quantitative estimate of drug-likeness (QED) is 0.287. The Morgan fingerprint density at radius 1 is 1.18 bits per heavy atom. The first-order chi connectivity index (χ1) is 13.3. The molecule has 0 heterocycles. The SMILES string of the molecule is C=C(C)C(=O)Oc1c2c(c(OC(=O)OC)c3cc(Cl)ccc13)CCC(CC)C2. The maximum atomic E-state index is 12.3. The van der Waals surface area contributed by atoms with Crippen LogP contribution in [-0.4, -0.2) is 19.2 Å². The summed E-state index contributed by atoms with van der Waals surface area (Å²) >= 11 is 6.20.